The number of nitrogens with two attached hydrogens (primary N) is 1. The number of fused-ring (bicyclic) bond motifs is 1. The molecular weight excluding hydrogens is 330 g/mol. The lowest BCUT2D eigenvalue weighted by atomic mass is 9.84. The molecule has 4 rings (SSSR count). The number of hydrogen-bond donors (Lipinski definition) is 2. The molecule has 0 fully saturated rings. The first kappa shape index (κ1) is 16.0. The molecule has 25 heavy (non-hydrogen) atoms. The summed E-state index contributed by atoms with van der Waals surface area (Å²) in [5, 5.41) is 3.35. The van der Waals surface area contributed by atoms with Gasteiger partial charge in [0.05, 0.1) is 0 Å². The molecule has 0 spiro atoms. The van der Waals surface area contributed by atoms with Crippen LogP contribution in [-0.4, -0.2) is 11.7 Å². The van der Waals surface area contributed by atoms with Gasteiger partial charge in [-0.05, 0) is 42.5 Å². The second-order valence-corrected chi connectivity index (χ2v) is 7.47. The highest BCUT2D eigenvalue weighted by Crippen LogP contribution is 2.40. The first-order valence-corrected chi connectivity index (χ1v) is 9.18. The molecule has 3 N–H and O–H groups in total. The van der Waals surface area contributed by atoms with Crippen LogP contribution < -0.4 is 11.1 Å². The van der Waals surface area contributed by atoms with Crippen LogP contribution in [0.4, 0.5) is 0 Å². The zero-order valence-electron chi connectivity index (χ0n) is 13.7. The van der Waals surface area contributed by atoms with E-state index < -0.39 is 0 Å². The number of allylic oxidation sites excluding steroid dienone is 4. The second-order valence-electron chi connectivity index (χ2n) is 6.27. The van der Waals surface area contributed by atoms with Crippen LogP contribution in [0.15, 0.2) is 86.4 Å². The molecule has 4 nitrogen and oxygen atoms in total. The van der Waals surface area contributed by atoms with E-state index in [1.165, 1.54) is 20.9 Å². The lowest BCUT2D eigenvalue weighted by Gasteiger charge is -2.26. The Morgan fingerprint density at radius 1 is 1.20 bits per heavy atom. The Morgan fingerprint density at radius 3 is 2.76 bits per heavy atom. The minimum absolute atomic E-state index is 0.269. The van der Waals surface area contributed by atoms with Crippen LogP contribution in [0.5, 0.6) is 0 Å². The Labute approximate surface area is 151 Å². The van der Waals surface area contributed by atoms with Crippen molar-refractivity contribution in [2.75, 3.05) is 0 Å². The number of nitrogens with zero attached hydrogens (tertiary/aromatic N) is 1. The van der Waals surface area contributed by atoms with E-state index in [4.69, 9.17) is 5.73 Å². The standard InChI is InChI=1S/C20H19N3OS/c21-19(24)14-8-6-13(7-9-14)18-12-23-20-17(18)10-16(11-22-20)25-15-4-2-1-3-5-15/h1-6,8,11-12,17H,7,9-10H2,(H2,21,24)(H,22,23). The number of thioether (sulfide) groups is 1. The number of amides is 1. The molecule has 0 saturated heterocycles. The predicted octanol–water partition coefficient (Wildman–Crippen LogP) is 3.66. The topological polar surface area (TPSA) is 67.5 Å². The highest BCUT2D eigenvalue weighted by molar-refractivity contribution is 8.03. The molecule has 5 heteroatoms. The van der Waals surface area contributed by atoms with E-state index in [-0.39, 0.29) is 11.8 Å². The van der Waals surface area contributed by atoms with Crippen molar-refractivity contribution in [3.05, 3.63) is 76.5 Å². The first-order chi connectivity index (χ1) is 12.2. The maximum atomic E-state index is 11.3. The van der Waals surface area contributed by atoms with Crippen LogP contribution in [0.1, 0.15) is 19.3 Å². The van der Waals surface area contributed by atoms with Crippen molar-refractivity contribution >= 4 is 23.5 Å². The van der Waals surface area contributed by atoms with E-state index in [1.807, 2.05) is 24.4 Å². The molecule has 3 aliphatic rings. The third kappa shape index (κ3) is 3.33. The summed E-state index contributed by atoms with van der Waals surface area (Å²) in [4.78, 5) is 18.4. The minimum atomic E-state index is -0.323. The number of amidine groups is 1. The summed E-state index contributed by atoms with van der Waals surface area (Å²) in [6.45, 7) is 0. The lowest BCUT2D eigenvalue weighted by Crippen LogP contribution is -2.30. The number of carbonyl (C=O) groups is 1. The fourth-order valence-corrected chi connectivity index (χ4v) is 4.29. The smallest absolute Gasteiger partial charge is 0.244 e. The van der Waals surface area contributed by atoms with Gasteiger partial charge in [-0.25, -0.2) is 4.99 Å². The molecule has 126 valence electrons. The van der Waals surface area contributed by atoms with Crippen LogP contribution in [0, 0.1) is 5.92 Å². The fourth-order valence-electron chi connectivity index (χ4n) is 3.33. The average Bonchev–Trinajstić information content (AvgIpc) is 3.06. The molecule has 1 aromatic carbocycles. The van der Waals surface area contributed by atoms with E-state index in [0.717, 1.165) is 18.7 Å². The Morgan fingerprint density at radius 2 is 2.04 bits per heavy atom. The number of primary amides is 1. The number of rotatable bonds is 4. The normalized spacial score (nSPS) is 21.9. The van der Waals surface area contributed by atoms with Gasteiger partial charge in [0.2, 0.25) is 5.91 Å². The number of benzene rings is 1. The highest BCUT2D eigenvalue weighted by Gasteiger charge is 2.31. The molecule has 0 bridgehead atoms. The zero-order valence-corrected chi connectivity index (χ0v) is 14.6. The Hall–Kier alpha value is -2.53. The SMILES string of the molecule is NC(=O)C1=CC=C(C2=CN=C3NC=C(Sc4ccccc4)CC23)CC1. The summed E-state index contributed by atoms with van der Waals surface area (Å²) in [5.41, 5.74) is 8.57. The largest absolute Gasteiger partial charge is 0.366 e. The number of nitrogens with one attached hydrogen (secondary N) is 1. The van der Waals surface area contributed by atoms with Crippen molar-refractivity contribution in [2.45, 2.75) is 24.2 Å². The third-order valence-corrected chi connectivity index (χ3v) is 5.72. The van der Waals surface area contributed by atoms with Crippen molar-refractivity contribution in [1.29, 1.82) is 0 Å². The second kappa shape index (κ2) is 6.76. The van der Waals surface area contributed by atoms with Crippen molar-refractivity contribution in [3.8, 4) is 0 Å². The number of hydrogen-bond acceptors (Lipinski definition) is 4. The van der Waals surface area contributed by atoms with E-state index >= 15 is 0 Å². The van der Waals surface area contributed by atoms with E-state index in [9.17, 15) is 4.79 Å². The van der Waals surface area contributed by atoms with Gasteiger partial charge in [0, 0.05) is 33.7 Å². The molecule has 0 aromatic heterocycles. The van der Waals surface area contributed by atoms with Crippen molar-refractivity contribution in [2.24, 2.45) is 16.6 Å². The van der Waals surface area contributed by atoms with Crippen LogP contribution in [-0.2, 0) is 4.79 Å². The van der Waals surface area contributed by atoms with Crippen molar-refractivity contribution in [1.82, 2.24) is 5.32 Å². The van der Waals surface area contributed by atoms with Gasteiger partial charge in [-0.1, -0.05) is 42.1 Å². The predicted molar refractivity (Wildman–Crippen MR) is 102 cm³/mol. The Kier molecular flexibility index (Phi) is 4.32. The van der Waals surface area contributed by atoms with Gasteiger partial charge in [0.25, 0.3) is 0 Å². The number of aliphatic imine (C=N–C) groups is 1. The van der Waals surface area contributed by atoms with Gasteiger partial charge in [0.15, 0.2) is 0 Å². The van der Waals surface area contributed by atoms with Crippen LogP contribution in [0.2, 0.25) is 0 Å². The number of carbonyl (C=O) groups excluding carboxylic acids is 1. The van der Waals surface area contributed by atoms with Gasteiger partial charge in [0.1, 0.15) is 5.84 Å². The monoisotopic (exact) mass is 349 g/mol. The van der Waals surface area contributed by atoms with Crippen molar-refractivity contribution < 1.29 is 4.79 Å². The quantitative estimate of drug-likeness (QED) is 0.872. The lowest BCUT2D eigenvalue weighted by molar-refractivity contribution is -0.114. The van der Waals surface area contributed by atoms with Crippen LogP contribution in [0.25, 0.3) is 0 Å². The molecule has 0 saturated carbocycles. The first-order valence-electron chi connectivity index (χ1n) is 8.37. The molecule has 1 amide bonds. The summed E-state index contributed by atoms with van der Waals surface area (Å²) in [6, 6.07) is 10.4. The summed E-state index contributed by atoms with van der Waals surface area (Å²) in [7, 11) is 0. The Balaban J connectivity index is 1.50. The van der Waals surface area contributed by atoms with Crippen LogP contribution in [0.3, 0.4) is 0 Å². The van der Waals surface area contributed by atoms with Gasteiger partial charge in [-0.15, -0.1) is 0 Å². The summed E-state index contributed by atoms with van der Waals surface area (Å²) in [5.74, 6) is 0.959. The maximum Gasteiger partial charge on any atom is 0.244 e. The fraction of sp³-hybridized carbons (Fsp3) is 0.200. The molecular formula is C20H19N3OS. The molecule has 1 atom stereocenters. The highest BCUT2D eigenvalue weighted by atomic mass is 32.2. The molecule has 1 aromatic rings. The van der Waals surface area contributed by atoms with Gasteiger partial charge >= 0.3 is 0 Å². The van der Waals surface area contributed by atoms with Gasteiger partial charge in [-0.3, -0.25) is 4.79 Å². The van der Waals surface area contributed by atoms with Crippen molar-refractivity contribution in [3.63, 3.8) is 0 Å². The minimum Gasteiger partial charge on any atom is -0.366 e. The summed E-state index contributed by atoms with van der Waals surface area (Å²) >= 11 is 1.79. The van der Waals surface area contributed by atoms with E-state index in [1.54, 1.807) is 11.8 Å². The summed E-state index contributed by atoms with van der Waals surface area (Å²) in [6.07, 6.45) is 10.4. The Bertz CT molecular complexity index is 862. The molecule has 1 unspecified atom stereocenters. The molecule has 2 heterocycles. The average molecular weight is 349 g/mol. The molecule has 0 radical (unpaired) electrons. The third-order valence-electron chi connectivity index (χ3n) is 4.66. The summed E-state index contributed by atoms with van der Waals surface area (Å²) < 4.78 is 0. The maximum absolute atomic E-state index is 11.3. The van der Waals surface area contributed by atoms with E-state index in [0.29, 0.717) is 12.0 Å². The molecule has 1 aliphatic carbocycles. The van der Waals surface area contributed by atoms with Gasteiger partial charge < -0.3 is 11.1 Å². The van der Waals surface area contributed by atoms with Crippen LogP contribution >= 0.6 is 11.8 Å². The van der Waals surface area contributed by atoms with Gasteiger partial charge in [-0.2, -0.15) is 0 Å². The zero-order chi connectivity index (χ0) is 17.2. The molecule has 2 aliphatic heterocycles. The van der Waals surface area contributed by atoms with E-state index in [2.05, 4.69) is 40.8 Å².